The third-order valence-electron chi connectivity index (χ3n) is 5.08. The van der Waals surface area contributed by atoms with Crippen LogP contribution in [0.5, 0.6) is 0 Å². The van der Waals surface area contributed by atoms with Gasteiger partial charge < -0.3 is 13.3 Å². The third-order valence-corrected chi connectivity index (χ3v) is 5.08. The van der Waals surface area contributed by atoms with Crippen LogP contribution in [0.15, 0.2) is 42.0 Å². The average Bonchev–Trinajstić information content (AvgIpc) is 3.35. The van der Waals surface area contributed by atoms with E-state index in [0.29, 0.717) is 0 Å². The minimum atomic E-state index is -1.06. The first-order valence-corrected chi connectivity index (χ1v) is 8.88. The zero-order valence-electron chi connectivity index (χ0n) is 15.4. The Morgan fingerprint density at radius 2 is 0.424 bits per heavy atom. The van der Waals surface area contributed by atoms with Crippen molar-refractivity contribution in [1.82, 2.24) is 29.9 Å². The molecule has 6 heterocycles. The Hall–Kier alpha value is -5.34. The van der Waals surface area contributed by atoms with Crippen LogP contribution in [0.3, 0.4) is 0 Å². The van der Waals surface area contributed by atoms with E-state index in [1.807, 2.05) is 0 Å². The predicted molar refractivity (Wildman–Crippen MR) is 106 cm³/mol. The highest BCUT2D eigenvalue weighted by Gasteiger charge is 2.25. The van der Waals surface area contributed by atoms with Gasteiger partial charge in [0, 0.05) is 0 Å². The fourth-order valence-electron chi connectivity index (χ4n) is 3.69. The second kappa shape index (κ2) is 5.28. The van der Waals surface area contributed by atoms with Crippen molar-refractivity contribution in [2.45, 2.75) is 0 Å². The summed E-state index contributed by atoms with van der Waals surface area (Å²) in [5.41, 5.74) is -9.80. The Kier molecular flexibility index (Phi) is 2.78. The molecule has 7 rings (SSSR count). The van der Waals surface area contributed by atoms with Gasteiger partial charge in [0.1, 0.15) is 33.1 Å². The van der Waals surface area contributed by atoms with Crippen molar-refractivity contribution < 1.29 is 13.3 Å². The van der Waals surface area contributed by atoms with E-state index in [1.54, 1.807) is 0 Å². The molecule has 0 N–H and O–H groups in total. The second-order valence-electron chi connectivity index (χ2n) is 6.89. The number of furan rings is 3. The summed E-state index contributed by atoms with van der Waals surface area (Å²) in [6, 6.07) is 0. The van der Waals surface area contributed by atoms with E-state index in [0.717, 1.165) is 0 Å². The summed E-state index contributed by atoms with van der Waals surface area (Å²) in [5, 5.41) is 0. The van der Waals surface area contributed by atoms with Gasteiger partial charge in [0.15, 0.2) is 33.1 Å². The first-order valence-electron chi connectivity index (χ1n) is 8.88. The van der Waals surface area contributed by atoms with E-state index in [2.05, 4.69) is 43.2 Å². The molecule has 15 nitrogen and oxygen atoms in total. The fraction of sp³-hybridized carbons (Fsp3) is 0. The topological polar surface area (TPSA) is 219 Å². The van der Waals surface area contributed by atoms with E-state index in [1.165, 1.54) is 0 Å². The van der Waals surface area contributed by atoms with E-state index in [4.69, 9.17) is 0 Å². The van der Waals surface area contributed by atoms with Crippen LogP contribution in [-0.4, -0.2) is 29.9 Å². The number of benzene rings is 1. The third kappa shape index (κ3) is 1.97. The summed E-state index contributed by atoms with van der Waals surface area (Å²) in [5.74, 6) is 0. The summed E-state index contributed by atoms with van der Waals surface area (Å²) in [6.45, 7) is 0. The fourth-order valence-corrected chi connectivity index (χ4v) is 3.69. The molecule has 0 aliphatic rings. The van der Waals surface area contributed by atoms with Crippen molar-refractivity contribution >= 4 is 66.2 Å². The maximum atomic E-state index is 12.0. The smallest absolute Gasteiger partial charge is 0.367 e. The molecule has 0 bridgehead atoms. The van der Waals surface area contributed by atoms with Gasteiger partial charge in [-0.1, -0.05) is 0 Å². The number of aromatic nitrogens is 6. The van der Waals surface area contributed by atoms with Crippen molar-refractivity contribution in [3.8, 4) is 0 Å². The van der Waals surface area contributed by atoms with Crippen LogP contribution in [0.4, 0.5) is 0 Å². The molecule has 0 saturated heterocycles. The number of hydrogen-bond donors (Lipinski definition) is 0. The van der Waals surface area contributed by atoms with Crippen molar-refractivity contribution in [3.63, 3.8) is 0 Å². The minimum Gasteiger partial charge on any atom is -0.383 e. The van der Waals surface area contributed by atoms with E-state index in [9.17, 15) is 28.8 Å². The molecule has 0 fully saturated rings. The molecular formula is C18N6O9. The van der Waals surface area contributed by atoms with Crippen LogP contribution in [0.25, 0.3) is 66.2 Å². The highest BCUT2D eigenvalue weighted by molar-refractivity contribution is 6.20. The molecule has 0 aliphatic carbocycles. The Labute approximate surface area is 172 Å². The molecule has 6 aromatic heterocycles. The molecule has 1 aromatic carbocycles. The molecule has 0 unspecified atom stereocenters. The number of rotatable bonds is 0. The van der Waals surface area contributed by atoms with Crippen LogP contribution in [0.1, 0.15) is 0 Å². The lowest BCUT2D eigenvalue weighted by molar-refractivity contribution is 0.498. The van der Waals surface area contributed by atoms with Crippen LogP contribution in [0.2, 0.25) is 0 Å². The van der Waals surface area contributed by atoms with Crippen molar-refractivity contribution in [2.24, 2.45) is 0 Å². The lowest BCUT2D eigenvalue weighted by Crippen LogP contribution is -2.04. The predicted octanol–water partition coefficient (Wildman–Crippen LogP) is -1.77. The Morgan fingerprint density at radius 1 is 0.273 bits per heavy atom. The van der Waals surface area contributed by atoms with Crippen LogP contribution in [0, 0.1) is 0 Å². The monoisotopic (exact) mass is 444 g/mol. The van der Waals surface area contributed by atoms with Gasteiger partial charge in [-0.05, 0) is 0 Å². The summed E-state index contributed by atoms with van der Waals surface area (Å²) in [4.78, 5) is 96.7. The molecule has 0 spiro atoms. The maximum Gasteiger partial charge on any atom is 0.367 e. The van der Waals surface area contributed by atoms with E-state index < -0.39 is 66.9 Å². The Morgan fingerprint density at radius 3 is 0.576 bits per heavy atom. The van der Waals surface area contributed by atoms with Gasteiger partial charge >= 0.3 is 33.8 Å². The summed E-state index contributed by atoms with van der Waals surface area (Å²) < 4.78 is 13.6. The molecular weight excluding hydrogens is 444 g/mol. The molecule has 0 saturated carbocycles. The molecule has 7 aromatic rings. The highest BCUT2D eigenvalue weighted by Crippen LogP contribution is 2.30. The Bertz CT molecular complexity index is 1920. The molecule has 0 aliphatic heterocycles. The van der Waals surface area contributed by atoms with Gasteiger partial charge in [-0.3, -0.25) is 0 Å². The van der Waals surface area contributed by atoms with Crippen molar-refractivity contribution in [1.29, 1.82) is 0 Å². The number of hydrogen-bond acceptors (Lipinski definition) is 15. The van der Waals surface area contributed by atoms with Gasteiger partial charge in [-0.15, -0.1) is 0 Å². The summed E-state index contributed by atoms with van der Waals surface area (Å²) in [6.07, 6.45) is 0. The van der Waals surface area contributed by atoms with Crippen molar-refractivity contribution in [3.05, 3.63) is 62.5 Å². The van der Waals surface area contributed by atoms with Crippen LogP contribution >= 0.6 is 0 Å². The van der Waals surface area contributed by atoms with Gasteiger partial charge in [0.05, 0.1) is 0 Å². The maximum absolute atomic E-state index is 12.0. The molecule has 0 amide bonds. The lowest BCUT2D eigenvalue weighted by atomic mass is 10.1. The molecule has 0 radical (unpaired) electrons. The Balaban J connectivity index is 1.90. The quantitative estimate of drug-likeness (QED) is 0.236. The molecule has 0 atom stereocenters. The molecule has 15 heteroatoms. The van der Waals surface area contributed by atoms with Crippen molar-refractivity contribution in [2.75, 3.05) is 0 Å². The number of nitrogens with zero attached hydrogens (tertiary/aromatic N) is 6. The zero-order chi connectivity index (χ0) is 22.8. The lowest BCUT2D eigenvalue weighted by Gasteiger charge is -2.06. The first-order chi connectivity index (χ1) is 15.8. The normalized spacial score (nSPS) is 12.4. The van der Waals surface area contributed by atoms with E-state index in [-0.39, 0.29) is 33.1 Å². The zero-order valence-corrected chi connectivity index (χ0v) is 15.4. The minimum absolute atomic E-state index is 0.155. The average molecular weight is 444 g/mol. The van der Waals surface area contributed by atoms with E-state index >= 15 is 0 Å². The van der Waals surface area contributed by atoms with Crippen LogP contribution < -0.4 is 33.8 Å². The largest absolute Gasteiger partial charge is 0.383 e. The summed E-state index contributed by atoms with van der Waals surface area (Å²) >= 11 is 0. The van der Waals surface area contributed by atoms with Gasteiger partial charge in [-0.2, -0.15) is 0 Å². The number of fused-ring (bicyclic) bond motifs is 9. The van der Waals surface area contributed by atoms with Crippen LogP contribution in [-0.2, 0) is 0 Å². The van der Waals surface area contributed by atoms with Gasteiger partial charge in [0.2, 0.25) is 0 Å². The SMILES string of the molecule is O=c1oc(=O)c2nc3c(nc12)c1nc2c(=O)oc(=O)c2nc1c1nc2c(=O)oc(=O)c2nc31. The summed E-state index contributed by atoms with van der Waals surface area (Å²) in [7, 11) is 0. The second-order valence-corrected chi connectivity index (χ2v) is 6.89. The first kappa shape index (κ1) is 17.4. The van der Waals surface area contributed by atoms with Gasteiger partial charge in [-0.25, -0.2) is 58.7 Å². The van der Waals surface area contributed by atoms with Gasteiger partial charge in [0.25, 0.3) is 0 Å². The highest BCUT2D eigenvalue weighted by atomic mass is 16.4. The standard InChI is InChI=1S/C18N6O9/c25-13-7-8(14(26)31-13)20-2-1(19-7)3-5(22-10-9(21-3)15(27)32-16(10)28)6-4(2)23-11-12(24-6)18(30)33-17(11)29. The molecule has 156 valence electrons. The molecule has 33 heavy (non-hydrogen) atoms.